The summed E-state index contributed by atoms with van der Waals surface area (Å²) < 4.78 is 6.73. The number of piperidine rings is 1. The van der Waals surface area contributed by atoms with Crippen molar-refractivity contribution in [2.75, 3.05) is 25.1 Å². The molecule has 6 heteroatoms. The van der Waals surface area contributed by atoms with Crippen LogP contribution in [0.5, 0.6) is 0 Å². The Labute approximate surface area is 129 Å². The van der Waals surface area contributed by atoms with Gasteiger partial charge in [0.05, 0.1) is 18.4 Å². The molecule has 0 unspecified atom stereocenters. The molecule has 116 valence electrons. The summed E-state index contributed by atoms with van der Waals surface area (Å²) in [5.41, 5.74) is 2.37. The van der Waals surface area contributed by atoms with Gasteiger partial charge in [-0.2, -0.15) is 0 Å². The lowest BCUT2D eigenvalue weighted by molar-refractivity contribution is 0.0601. The summed E-state index contributed by atoms with van der Waals surface area (Å²) in [4.78, 5) is 14.4. The maximum Gasteiger partial charge on any atom is 0.340 e. The number of benzene rings is 1. The van der Waals surface area contributed by atoms with E-state index in [1.807, 2.05) is 18.2 Å². The van der Waals surface area contributed by atoms with Crippen LogP contribution in [0.3, 0.4) is 0 Å². The van der Waals surface area contributed by atoms with E-state index in [-0.39, 0.29) is 5.97 Å². The number of methoxy groups -OCH3 is 1. The van der Waals surface area contributed by atoms with Gasteiger partial charge in [-0.25, -0.2) is 4.79 Å². The molecule has 1 aliphatic heterocycles. The van der Waals surface area contributed by atoms with Gasteiger partial charge in [0.15, 0.2) is 0 Å². The van der Waals surface area contributed by atoms with Crippen molar-refractivity contribution >= 4 is 11.7 Å². The summed E-state index contributed by atoms with van der Waals surface area (Å²) in [6.45, 7) is 4.21. The molecule has 0 spiro atoms. The molecule has 1 aromatic carbocycles. The van der Waals surface area contributed by atoms with Crippen molar-refractivity contribution in [3.8, 4) is 5.69 Å². The van der Waals surface area contributed by atoms with Gasteiger partial charge in [0.2, 0.25) is 0 Å². The van der Waals surface area contributed by atoms with Crippen LogP contribution in [0, 0.1) is 5.92 Å². The van der Waals surface area contributed by atoms with Crippen molar-refractivity contribution in [3.63, 3.8) is 0 Å². The van der Waals surface area contributed by atoms with E-state index in [0.29, 0.717) is 5.56 Å². The predicted molar refractivity (Wildman–Crippen MR) is 83.3 cm³/mol. The van der Waals surface area contributed by atoms with Crippen LogP contribution in [0.15, 0.2) is 30.9 Å². The number of ether oxygens (including phenoxy) is 1. The SMILES string of the molecule is COC(=O)c1cc(-n2cnnc2)ccc1N1CCC(C)CC1. The molecule has 0 aliphatic carbocycles. The smallest absolute Gasteiger partial charge is 0.340 e. The molecule has 0 radical (unpaired) electrons. The minimum absolute atomic E-state index is 0.316. The Kier molecular flexibility index (Phi) is 4.09. The number of nitrogens with zero attached hydrogens (tertiary/aromatic N) is 4. The molecule has 0 amide bonds. The highest BCUT2D eigenvalue weighted by molar-refractivity contribution is 5.96. The van der Waals surface area contributed by atoms with Gasteiger partial charge in [0.1, 0.15) is 12.7 Å². The Bertz CT molecular complexity index is 646. The first-order valence-electron chi connectivity index (χ1n) is 7.51. The molecule has 1 saturated heterocycles. The van der Waals surface area contributed by atoms with Crippen molar-refractivity contribution in [2.24, 2.45) is 5.92 Å². The van der Waals surface area contributed by atoms with Crippen LogP contribution >= 0.6 is 0 Å². The lowest BCUT2D eigenvalue weighted by atomic mass is 9.98. The Morgan fingerprint density at radius 2 is 1.91 bits per heavy atom. The largest absolute Gasteiger partial charge is 0.465 e. The number of esters is 1. The van der Waals surface area contributed by atoms with Gasteiger partial charge in [-0.3, -0.25) is 4.57 Å². The van der Waals surface area contributed by atoms with E-state index in [1.165, 1.54) is 7.11 Å². The maximum atomic E-state index is 12.2. The minimum atomic E-state index is -0.316. The summed E-state index contributed by atoms with van der Waals surface area (Å²) in [6.07, 6.45) is 5.51. The number of carbonyl (C=O) groups is 1. The molecular weight excluding hydrogens is 280 g/mol. The molecule has 0 saturated carbocycles. The van der Waals surface area contributed by atoms with Crippen LogP contribution < -0.4 is 4.90 Å². The first kappa shape index (κ1) is 14.6. The highest BCUT2D eigenvalue weighted by Crippen LogP contribution is 2.28. The van der Waals surface area contributed by atoms with Crippen molar-refractivity contribution in [1.82, 2.24) is 14.8 Å². The zero-order valence-electron chi connectivity index (χ0n) is 12.9. The van der Waals surface area contributed by atoms with Crippen molar-refractivity contribution < 1.29 is 9.53 Å². The summed E-state index contributed by atoms with van der Waals surface area (Å²) >= 11 is 0. The number of anilines is 1. The number of carbonyl (C=O) groups excluding carboxylic acids is 1. The molecule has 0 N–H and O–H groups in total. The van der Waals surface area contributed by atoms with E-state index in [4.69, 9.17) is 4.74 Å². The molecule has 1 aliphatic rings. The van der Waals surface area contributed by atoms with Crippen molar-refractivity contribution in [1.29, 1.82) is 0 Å². The van der Waals surface area contributed by atoms with E-state index < -0.39 is 0 Å². The van der Waals surface area contributed by atoms with E-state index in [0.717, 1.165) is 43.2 Å². The first-order valence-corrected chi connectivity index (χ1v) is 7.51. The van der Waals surface area contributed by atoms with Crippen LogP contribution in [0.4, 0.5) is 5.69 Å². The van der Waals surface area contributed by atoms with E-state index in [2.05, 4.69) is 22.0 Å². The summed E-state index contributed by atoms with van der Waals surface area (Å²) in [5.74, 6) is 0.428. The van der Waals surface area contributed by atoms with Gasteiger partial charge < -0.3 is 9.64 Å². The highest BCUT2D eigenvalue weighted by Gasteiger charge is 2.22. The fraction of sp³-hybridized carbons (Fsp3) is 0.438. The third-order valence-electron chi connectivity index (χ3n) is 4.23. The normalized spacial score (nSPS) is 15.8. The van der Waals surface area contributed by atoms with E-state index in [1.54, 1.807) is 17.2 Å². The van der Waals surface area contributed by atoms with Crippen molar-refractivity contribution in [2.45, 2.75) is 19.8 Å². The molecule has 6 nitrogen and oxygen atoms in total. The van der Waals surface area contributed by atoms with Crippen LogP contribution in [-0.2, 0) is 4.74 Å². The standard InChI is InChI=1S/C16H20N4O2/c1-12-5-7-19(8-6-12)15-4-3-13(20-10-17-18-11-20)9-14(15)16(21)22-2/h3-4,9-12H,5-8H2,1-2H3. The van der Waals surface area contributed by atoms with Crippen LogP contribution in [0.2, 0.25) is 0 Å². The zero-order valence-corrected chi connectivity index (χ0v) is 12.9. The number of hydrogen-bond donors (Lipinski definition) is 0. The molecule has 0 atom stereocenters. The lowest BCUT2D eigenvalue weighted by Gasteiger charge is -2.33. The molecule has 22 heavy (non-hydrogen) atoms. The van der Waals surface area contributed by atoms with Gasteiger partial charge >= 0.3 is 5.97 Å². The second-order valence-electron chi connectivity index (χ2n) is 5.73. The Hall–Kier alpha value is -2.37. The predicted octanol–water partition coefficient (Wildman–Crippen LogP) is 2.29. The molecular formula is C16H20N4O2. The summed E-state index contributed by atoms with van der Waals surface area (Å²) in [6, 6.07) is 5.79. The number of rotatable bonds is 3. The van der Waals surface area contributed by atoms with Gasteiger partial charge in [0.25, 0.3) is 0 Å². The monoisotopic (exact) mass is 300 g/mol. The fourth-order valence-corrected chi connectivity index (χ4v) is 2.82. The average Bonchev–Trinajstić information content (AvgIpc) is 3.09. The Balaban J connectivity index is 1.97. The fourth-order valence-electron chi connectivity index (χ4n) is 2.82. The van der Waals surface area contributed by atoms with Gasteiger partial charge in [0, 0.05) is 18.8 Å². The maximum absolute atomic E-state index is 12.2. The average molecular weight is 300 g/mol. The van der Waals surface area contributed by atoms with E-state index in [9.17, 15) is 4.79 Å². The van der Waals surface area contributed by atoms with Gasteiger partial charge in [-0.15, -0.1) is 10.2 Å². The number of aromatic nitrogens is 3. The third-order valence-corrected chi connectivity index (χ3v) is 4.23. The quantitative estimate of drug-likeness (QED) is 0.814. The zero-order chi connectivity index (χ0) is 15.5. The van der Waals surface area contributed by atoms with Crippen molar-refractivity contribution in [3.05, 3.63) is 36.4 Å². The second kappa shape index (κ2) is 6.17. The second-order valence-corrected chi connectivity index (χ2v) is 5.73. The Morgan fingerprint density at radius 3 is 2.55 bits per heavy atom. The minimum Gasteiger partial charge on any atom is -0.465 e. The van der Waals surface area contributed by atoms with Crippen LogP contribution in [-0.4, -0.2) is 40.9 Å². The Morgan fingerprint density at radius 1 is 1.23 bits per heavy atom. The third kappa shape index (κ3) is 2.81. The summed E-state index contributed by atoms with van der Waals surface area (Å²) in [7, 11) is 1.41. The lowest BCUT2D eigenvalue weighted by Crippen LogP contribution is -2.34. The van der Waals surface area contributed by atoms with E-state index >= 15 is 0 Å². The molecule has 2 heterocycles. The highest BCUT2D eigenvalue weighted by atomic mass is 16.5. The molecule has 1 fully saturated rings. The van der Waals surface area contributed by atoms with Gasteiger partial charge in [-0.1, -0.05) is 6.92 Å². The topological polar surface area (TPSA) is 60.3 Å². The summed E-state index contributed by atoms with van der Waals surface area (Å²) in [5, 5.41) is 7.60. The van der Waals surface area contributed by atoms with Crippen LogP contribution in [0.25, 0.3) is 5.69 Å². The first-order chi connectivity index (χ1) is 10.7. The van der Waals surface area contributed by atoms with Gasteiger partial charge in [-0.05, 0) is 37.0 Å². The number of hydrogen-bond acceptors (Lipinski definition) is 5. The van der Waals surface area contributed by atoms with Crippen LogP contribution in [0.1, 0.15) is 30.1 Å². The molecule has 2 aromatic rings. The molecule has 0 bridgehead atoms. The molecule has 1 aromatic heterocycles. The molecule has 3 rings (SSSR count).